The summed E-state index contributed by atoms with van der Waals surface area (Å²) in [4.78, 5) is 40.9. The highest BCUT2D eigenvalue weighted by Gasteiger charge is 2.28. The molecule has 2 aliphatic heterocycles. The van der Waals surface area contributed by atoms with Gasteiger partial charge in [0.25, 0.3) is 0 Å². The summed E-state index contributed by atoms with van der Waals surface area (Å²) >= 11 is 0. The number of hydrogen-bond donors (Lipinski definition) is 2. The summed E-state index contributed by atoms with van der Waals surface area (Å²) in [6.45, 7) is 3.89. The van der Waals surface area contributed by atoms with E-state index in [0.717, 1.165) is 67.3 Å². The van der Waals surface area contributed by atoms with Crippen molar-refractivity contribution in [1.82, 2.24) is 19.9 Å². The van der Waals surface area contributed by atoms with E-state index in [4.69, 9.17) is 9.84 Å². The van der Waals surface area contributed by atoms with Crippen molar-refractivity contribution in [3.63, 3.8) is 0 Å². The van der Waals surface area contributed by atoms with Crippen molar-refractivity contribution in [2.45, 2.75) is 32.1 Å². The topological polar surface area (TPSA) is 112 Å². The van der Waals surface area contributed by atoms with Crippen molar-refractivity contribution in [3.05, 3.63) is 60.6 Å². The van der Waals surface area contributed by atoms with Crippen LogP contribution in [0.5, 0.6) is 5.75 Å². The molecule has 1 aromatic carbocycles. The van der Waals surface area contributed by atoms with Gasteiger partial charge in [-0.3, -0.25) is 9.78 Å². The van der Waals surface area contributed by atoms with Crippen LogP contribution in [0.15, 0.2) is 55.0 Å². The van der Waals surface area contributed by atoms with E-state index in [-0.39, 0.29) is 17.4 Å². The van der Waals surface area contributed by atoms with E-state index in [9.17, 15) is 9.59 Å². The number of aromatic amines is 1. The third kappa shape index (κ3) is 5.39. The average Bonchev–Trinajstić information content (AvgIpc) is 3.46. The van der Waals surface area contributed by atoms with Gasteiger partial charge >= 0.3 is 5.97 Å². The number of ether oxygens (including phenoxy) is 1. The number of carbonyl (C=O) groups is 2. The number of aromatic carboxylic acids is 1. The first-order valence-corrected chi connectivity index (χ1v) is 13.7. The number of fused-ring (bicyclic) bond motifs is 3. The summed E-state index contributed by atoms with van der Waals surface area (Å²) in [6, 6.07) is 10.6. The van der Waals surface area contributed by atoms with Crippen LogP contribution in [0.25, 0.3) is 21.9 Å². The van der Waals surface area contributed by atoms with Gasteiger partial charge in [-0.25, -0.2) is 9.78 Å². The predicted molar refractivity (Wildman–Crippen MR) is 149 cm³/mol. The van der Waals surface area contributed by atoms with Crippen LogP contribution in [0.3, 0.4) is 0 Å². The normalized spacial score (nSPS) is 18.5. The zero-order valence-electron chi connectivity index (χ0n) is 21.9. The summed E-state index contributed by atoms with van der Waals surface area (Å²) in [5, 5.41) is 11.3. The first-order valence-electron chi connectivity index (χ1n) is 13.7. The Hall–Kier alpha value is -4.14. The van der Waals surface area contributed by atoms with Crippen molar-refractivity contribution in [2.24, 2.45) is 11.8 Å². The second-order valence-electron chi connectivity index (χ2n) is 10.7. The zero-order chi connectivity index (χ0) is 26.8. The predicted octanol–water partition coefficient (Wildman–Crippen LogP) is 4.73. The molecule has 2 N–H and O–H groups in total. The lowest BCUT2D eigenvalue weighted by Gasteiger charge is -2.36. The molecule has 0 spiro atoms. The van der Waals surface area contributed by atoms with Crippen LogP contribution in [-0.2, 0) is 4.79 Å². The van der Waals surface area contributed by atoms with Gasteiger partial charge in [0.1, 0.15) is 11.4 Å². The van der Waals surface area contributed by atoms with Crippen molar-refractivity contribution in [3.8, 4) is 5.75 Å². The van der Waals surface area contributed by atoms with E-state index >= 15 is 0 Å². The zero-order valence-corrected chi connectivity index (χ0v) is 21.9. The number of rotatable bonds is 7. The lowest BCUT2D eigenvalue weighted by atomic mass is 9.91. The Bertz CT molecular complexity index is 1480. The van der Waals surface area contributed by atoms with Gasteiger partial charge in [-0.1, -0.05) is 0 Å². The van der Waals surface area contributed by atoms with Gasteiger partial charge in [0.15, 0.2) is 0 Å². The van der Waals surface area contributed by atoms with E-state index in [1.54, 1.807) is 24.3 Å². The molecule has 0 aliphatic carbocycles. The number of carboxylic acid groups (broad SMARTS) is 1. The van der Waals surface area contributed by atoms with Crippen LogP contribution in [-0.4, -0.2) is 69.6 Å². The number of piperidine rings is 2. The molecule has 202 valence electrons. The van der Waals surface area contributed by atoms with E-state index < -0.39 is 5.97 Å². The number of anilines is 1. The molecule has 0 radical (unpaired) electrons. The molecule has 1 amide bonds. The van der Waals surface area contributed by atoms with Crippen LogP contribution in [0.1, 0.15) is 42.5 Å². The Morgan fingerprint density at radius 2 is 1.82 bits per heavy atom. The Morgan fingerprint density at radius 3 is 2.62 bits per heavy atom. The van der Waals surface area contributed by atoms with Crippen molar-refractivity contribution >= 4 is 39.5 Å². The molecule has 2 fully saturated rings. The van der Waals surface area contributed by atoms with E-state index in [2.05, 4.69) is 32.0 Å². The monoisotopic (exact) mass is 527 g/mol. The minimum atomic E-state index is -0.949. The fourth-order valence-electron chi connectivity index (χ4n) is 5.99. The standard InChI is InChI=1S/C30H33N5O4/c36-27(35-13-1-2-21(18-35)19-39-23-5-3-22(4-6-23)30(37)38)16-20-9-14-34(15-10-20)26-8-12-31-25-17-33-29-24(28(25)26)7-11-32-29/h3-8,11-12,17,20-21H,1-2,9-10,13-16,18-19H2,(H,32,33)(H,37,38). The molecular weight excluding hydrogens is 494 g/mol. The molecule has 0 bridgehead atoms. The lowest BCUT2D eigenvalue weighted by Crippen LogP contribution is -2.43. The lowest BCUT2D eigenvalue weighted by molar-refractivity contribution is -0.134. The fourth-order valence-corrected chi connectivity index (χ4v) is 5.99. The molecule has 2 aliphatic rings. The Balaban J connectivity index is 1.02. The first-order chi connectivity index (χ1) is 19.0. The number of amides is 1. The number of pyridine rings is 2. The van der Waals surface area contributed by atoms with Crippen LogP contribution in [0.2, 0.25) is 0 Å². The second-order valence-corrected chi connectivity index (χ2v) is 10.7. The molecule has 1 unspecified atom stereocenters. The largest absolute Gasteiger partial charge is 0.493 e. The number of carboxylic acids is 1. The van der Waals surface area contributed by atoms with Crippen molar-refractivity contribution in [1.29, 1.82) is 0 Å². The van der Waals surface area contributed by atoms with Gasteiger partial charge < -0.3 is 24.6 Å². The third-order valence-corrected chi connectivity index (χ3v) is 8.15. The van der Waals surface area contributed by atoms with Crippen LogP contribution < -0.4 is 9.64 Å². The smallest absolute Gasteiger partial charge is 0.335 e. The summed E-state index contributed by atoms with van der Waals surface area (Å²) in [6.07, 6.45) is 10.2. The maximum atomic E-state index is 13.2. The maximum Gasteiger partial charge on any atom is 0.335 e. The number of likely N-dealkylation sites (tertiary alicyclic amines) is 1. The molecule has 5 heterocycles. The molecule has 3 aromatic heterocycles. The molecule has 0 saturated carbocycles. The molecule has 2 saturated heterocycles. The number of aromatic nitrogens is 3. The highest BCUT2D eigenvalue weighted by molar-refractivity contribution is 6.10. The maximum absolute atomic E-state index is 13.2. The highest BCUT2D eigenvalue weighted by Crippen LogP contribution is 2.34. The number of carbonyl (C=O) groups excluding carboxylic acids is 1. The highest BCUT2D eigenvalue weighted by atomic mass is 16.5. The van der Waals surface area contributed by atoms with Gasteiger partial charge in [0.2, 0.25) is 5.91 Å². The summed E-state index contributed by atoms with van der Waals surface area (Å²) in [7, 11) is 0. The Kier molecular flexibility index (Phi) is 7.04. The molecule has 6 rings (SSSR count). The van der Waals surface area contributed by atoms with Gasteiger partial charge in [-0.05, 0) is 68.0 Å². The molecule has 1 atom stereocenters. The number of hydrogen-bond acceptors (Lipinski definition) is 6. The van der Waals surface area contributed by atoms with E-state index in [1.807, 2.05) is 23.5 Å². The van der Waals surface area contributed by atoms with Crippen LogP contribution in [0.4, 0.5) is 5.69 Å². The summed E-state index contributed by atoms with van der Waals surface area (Å²) in [5.41, 5.74) is 3.21. The van der Waals surface area contributed by atoms with Crippen LogP contribution >= 0.6 is 0 Å². The molecule has 4 aromatic rings. The molecule has 9 nitrogen and oxygen atoms in total. The fraction of sp³-hybridized carbons (Fsp3) is 0.400. The van der Waals surface area contributed by atoms with Crippen molar-refractivity contribution in [2.75, 3.05) is 37.7 Å². The minimum absolute atomic E-state index is 0.243. The number of H-pyrrole nitrogens is 1. The van der Waals surface area contributed by atoms with E-state index in [1.165, 1.54) is 5.69 Å². The second kappa shape index (κ2) is 10.9. The summed E-state index contributed by atoms with van der Waals surface area (Å²) < 4.78 is 5.92. The molecular formula is C30H33N5O4. The minimum Gasteiger partial charge on any atom is -0.493 e. The molecule has 39 heavy (non-hydrogen) atoms. The van der Waals surface area contributed by atoms with Crippen LogP contribution in [0, 0.1) is 11.8 Å². The number of nitrogens with zero attached hydrogens (tertiary/aromatic N) is 4. The Labute approximate surface area is 226 Å². The average molecular weight is 528 g/mol. The quantitative estimate of drug-likeness (QED) is 0.357. The van der Waals surface area contributed by atoms with Gasteiger partial charge in [0.05, 0.1) is 23.9 Å². The van der Waals surface area contributed by atoms with Gasteiger partial charge in [0, 0.05) is 67.4 Å². The number of nitrogens with one attached hydrogen (secondary N) is 1. The van der Waals surface area contributed by atoms with Crippen molar-refractivity contribution < 1.29 is 19.4 Å². The Morgan fingerprint density at radius 1 is 1.00 bits per heavy atom. The SMILES string of the molecule is O=C(O)c1ccc(OCC2CCCN(C(=O)CC3CCN(c4ccnc5cnc6[nH]ccc6c45)CC3)C2)cc1. The third-order valence-electron chi connectivity index (χ3n) is 8.15. The summed E-state index contributed by atoms with van der Waals surface area (Å²) in [5.74, 6) is 0.628. The van der Waals surface area contributed by atoms with Gasteiger partial charge in [-0.2, -0.15) is 0 Å². The first kappa shape index (κ1) is 25.2. The van der Waals surface area contributed by atoms with Gasteiger partial charge in [-0.15, -0.1) is 0 Å². The molecule has 9 heteroatoms. The van der Waals surface area contributed by atoms with E-state index in [0.29, 0.717) is 31.2 Å². The number of benzene rings is 1.